The van der Waals surface area contributed by atoms with Crippen LogP contribution in [0.25, 0.3) is 43.8 Å². The first-order valence-corrected chi connectivity index (χ1v) is 8.26. The van der Waals surface area contributed by atoms with Crippen LogP contribution in [0.1, 0.15) is 0 Å². The van der Waals surface area contributed by atoms with Gasteiger partial charge < -0.3 is 4.42 Å². The van der Waals surface area contributed by atoms with Crippen molar-refractivity contribution in [2.24, 2.45) is 0 Å². The molecule has 0 bridgehead atoms. The third-order valence-electron chi connectivity index (χ3n) is 4.67. The number of para-hydroxylation sites is 1. The van der Waals surface area contributed by atoms with Crippen LogP contribution >= 0.6 is 0 Å². The predicted molar refractivity (Wildman–Crippen MR) is 103 cm³/mol. The maximum Gasteiger partial charge on any atom is 0.201 e. The molecule has 1 aromatic heterocycles. The normalized spacial score (nSPS) is 11.4. The van der Waals surface area contributed by atoms with Crippen LogP contribution in [0.15, 0.2) is 94.1 Å². The van der Waals surface area contributed by atoms with Gasteiger partial charge in [0.2, 0.25) is 5.43 Å². The molecule has 2 nitrogen and oxygen atoms in total. The standard InChI is InChI=1S/C23H14O2/c24-23-18-12-6-7-13-20(18)25-21-14-19(15-8-2-1-3-9-15)16-10-4-5-11-17(16)22(21)23/h1-14H. The van der Waals surface area contributed by atoms with Gasteiger partial charge in [0, 0.05) is 0 Å². The molecule has 0 aliphatic rings. The van der Waals surface area contributed by atoms with Crippen molar-refractivity contribution in [2.75, 3.05) is 0 Å². The topological polar surface area (TPSA) is 30.2 Å². The van der Waals surface area contributed by atoms with Crippen molar-refractivity contribution >= 4 is 32.7 Å². The van der Waals surface area contributed by atoms with Crippen molar-refractivity contribution in [1.29, 1.82) is 0 Å². The van der Waals surface area contributed by atoms with E-state index in [1.807, 2.05) is 66.7 Å². The monoisotopic (exact) mass is 322 g/mol. The Hall–Kier alpha value is -3.39. The molecule has 2 heteroatoms. The van der Waals surface area contributed by atoms with Gasteiger partial charge in [-0.25, -0.2) is 0 Å². The van der Waals surface area contributed by atoms with Gasteiger partial charge in [-0.1, -0.05) is 66.7 Å². The van der Waals surface area contributed by atoms with Gasteiger partial charge in [-0.05, 0) is 40.1 Å². The first-order valence-electron chi connectivity index (χ1n) is 8.26. The fourth-order valence-electron chi connectivity index (χ4n) is 3.52. The van der Waals surface area contributed by atoms with Gasteiger partial charge in [0.25, 0.3) is 0 Å². The minimum atomic E-state index is 0.0210. The molecule has 0 amide bonds. The molecule has 0 aliphatic heterocycles. The number of rotatable bonds is 1. The molecular weight excluding hydrogens is 308 g/mol. The molecule has 4 aromatic carbocycles. The molecule has 0 unspecified atom stereocenters. The lowest BCUT2D eigenvalue weighted by molar-refractivity contribution is 0.660. The molecule has 118 valence electrons. The highest BCUT2D eigenvalue weighted by molar-refractivity contribution is 6.13. The van der Waals surface area contributed by atoms with Crippen LogP contribution in [-0.4, -0.2) is 0 Å². The third-order valence-corrected chi connectivity index (χ3v) is 4.67. The van der Waals surface area contributed by atoms with E-state index in [9.17, 15) is 4.79 Å². The average Bonchev–Trinajstić information content (AvgIpc) is 2.68. The summed E-state index contributed by atoms with van der Waals surface area (Å²) in [7, 11) is 0. The second-order valence-corrected chi connectivity index (χ2v) is 6.14. The molecule has 0 saturated heterocycles. The van der Waals surface area contributed by atoms with Crippen molar-refractivity contribution in [2.45, 2.75) is 0 Å². The fraction of sp³-hybridized carbons (Fsp3) is 0. The number of hydrogen-bond donors (Lipinski definition) is 0. The lowest BCUT2D eigenvalue weighted by Gasteiger charge is -2.10. The minimum absolute atomic E-state index is 0.0210. The van der Waals surface area contributed by atoms with E-state index in [1.165, 1.54) is 0 Å². The van der Waals surface area contributed by atoms with Gasteiger partial charge in [0.1, 0.15) is 11.2 Å². The molecule has 0 atom stereocenters. The molecule has 0 spiro atoms. The van der Waals surface area contributed by atoms with Gasteiger partial charge in [-0.15, -0.1) is 0 Å². The van der Waals surface area contributed by atoms with Crippen molar-refractivity contribution < 1.29 is 4.42 Å². The van der Waals surface area contributed by atoms with Gasteiger partial charge in [0.15, 0.2) is 0 Å². The Balaban J connectivity index is 2.04. The summed E-state index contributed by atoms with van der Waals surface area (Å²) >= 11 is 0. The van der Waals surface area contributed by atoms with Gasteiger partial charge in [0.05, 0.1) is 10.8 Å². The van der Waals surface area contributed by atoms with E-state index < -0.39 is 0 Å². The zero-order valence-corrected chi connectivity index (χ0v) is 13.4. The van der Waals surface area contributed by atoms with Gasteiger partial charge in [-0.3, -0.25) is 4.79 Å². The van der Waals surface area contributed by atoms with Crippen molar-refractivity contribution in [3.8, 4) is 11.1 Å². The second kappa shape index (κ2) is 5.32. The van der Waals surface area contributed by atoms with Crippen molar-refractivity contribution in [1.82, 2.24) is 0 Å². The van der Waals surface area contributed by atoms with E-state index >= 15 is 0 Å². The van der Waals surface area contributed by atoms with E-state index in [1.54, 1.807) is 0 Å². The fourth-order valence-corrected chi connectivity index (χ4v) is 3.52. The summed E-state index contributed by atoms with van der Waals surface area (Å²) in [5.41, 5.74) is 3.45. The molecule has 0 radical (unpaired) electrons. The van der Waals surface area contributed by atoms with Crippen LogP contribution in [0.4, 0.5) is 0 Å². The average molecular weight is 322 g/mol. The summed E-state index contributed by atoms with van der Waals surface area (Å²) in [5, 5.41) is 3.25. The highest BCUT2D eigenvalue weighted by Gasteiger charge is 2.14. The number of fused-ring (bicyclic) bond motifs is 4. The maximum absolute atomic E-state index is 13.1. The molecular formula is C23H14O2. The summed E-state index contributed by atoms with van der Waals surface area (Å²) in [5.74, 6) is 0. The summed E-state index contributed by atoms with van der Waals surface area (Å²) in [4.78, 5) is 13.1. The Kier molecular flexibility index (Phi) is 2.98. The predicted octanol–water partition coefficient (Wildman–Crippen LogP) is 5.77. The van der Waals surface area contributed by atoms with E-state index in [0.29, 0.717) is 21.9 Å². The zero-order valence-electron chi connectivity index (χ0n) is 13.4. The Morgan fingerprint density at radius 1 is 0.600 bits per heavy atom. The SMILES string of the molecule is O=c1c2ccccc2oc2cc(-c3ccccc3)c3ccccc3c12. The summed E-state index contributed by atoms with van der Waals surface area (Å²) in [6.45, 7) is 0. The highest BCUT2D eigenvalue weighted by atomic mass is 16.3. The molecule has 5 aromatic rings. The van der Waals surface area contributed by atoms with Crippen LogP contribution < -0.4 is 5.43 Å². The zero-order chi connectivity index (χ0) is 16.8. The highest BCUT2D eigenvalue weighted by Crippen LogP contribution is 2.34. The van der Waals surface area contributed by atoms with Crippen LogP contribution in [0.5, 0.6) is 0 Å². The van der Waals surface area contributed by atoms with E-state index in [2.05, 4.69) is 18.2 Å². The largest absolute Gasteiger partial charge is 0.456 e. The molecule has 0 aliphatic carbocycles. The van der Waals surface area contributed by atoms with Crippen LogP contribution in [-0.2, 0) is 0 Å². The Labute approximate surface area is 143 Å². The van der Waals surface area contributed by atoms with Crippen LogP contribution in [0, 0.1) is 0 Å². The van der Waals surface area contributed by atoms with Crippen LogP contribution in [0.2, 0.25) is 0 Å². The minimum Gasteiger partial charge on any atom is -0.456 e. The summed E-state index contributed by atoms with van der Waals surface area (Å²) in [6, 6.07) is 27.6. The molecule has 25 heavy (non-hydrogen) atoms. The molecule has 5 rings (SSSR count). The molecule has 0 fully saturated rings. The maximum atomic E-state index is 13.1. The van der Waals surface area contributed by atoms with Crippen molar-refractivity contribution in [3.63, 3.8) is 0 Å². The Bertz CT molecular complexity index is 1300. The molecule has 0 saturated carbocycles. The van der Waals surface area contributed by atoms with Gasteiger partial charge in [-0.2, -0.15) is 0 Å². The smallest absolute Gasteiger partial charge is 0.201 e. The summed E-state index contributed by atoms with van der Waals surface area (Å²) < 4.78 is 6.10. The van der Waals surface area contributed by atoms with E-state index in [4.69, 9.17) is 4.42 Å². The lowest BCUT2D eigenvalue weighted by atomic mass is 9.95. The summed E-state index contributed by atoms with van der Waals surface area (Å²) in [6.07, 6.45) is 0. The van der Waals surface area contributed by atoms with Crippen LogP contribution in [0.3, 0.4) is 0 Å². The third kappa shape index (κ3) is 2.08. The lowest BCUT2D eigenvalue weighted by Crippen LogP contribution is -2.03. The van der Waals surface area contributed by atoms with Gasteiger partial charge >= 0.3 is 0 Å². The first-order chi connectivity index (χ1) is 12.3. The Morgan fingerprint density at radius 3 is 2.04 bits per heavy atom. The number of benzene rings is 4. The van der Waals surface area contributed by atoms with Crippen molar-refractivity contribution in [3.05, 3.63) is 95.2 Å². The van der Waals surface area contributed by atoms with E-state index in [0.717, 1.165) is 21.9 Å². The van der Waals surface area contributed by atoms with E-state index in [-0.39, 0.29) is 5.43 Å². The Morgan fingerprint density at radius 2 is 1.24 bits per heavy atom. The second-order valence-electron chi connectivity index (χ2n) is 6.14. The number of hydrogen-bond acceptors (Lipinski definition) is 2. The molecule has 0 N–H and O–H groups in total. The molecule has 1 heterocycles. The first kappa shape index (κ1) is 14.0. The quantitative estimate of drug-likeness (QED) is 0.290.